The molecule has 0 aliphatic heterocycles. The van der Waals surface area contributed by atoms with E-state index in [1.165, 1.54) is 32.4 Å². The van der Waals surface area contributed by atoms with Gasteiger partial charge in [-0.3, -0.25) is 4.79 Å². The van der Waals surface area contributed by atoms with Gasteiger partial charge in [0.05, 0.1) is 19.1 Å². The van der Waals surface area contributed by atoms with Gasteiger partial charge in [-0.1, -0.05) is 55.5 Å². The minimum absolute atomic E-state index is 0.0278. The lowest BCUT2D eigenvalue weighted by Crippen LogP contribution is -2.45. The molecule has 0 aliphatic rings. The summed E-state index contributed by atoms with van der Waals surface area (Å²) in [4.78, 5) is 13.2. The molecular formula is C25H28N2O5S. The monoisotopic (exact) mass is 468 g/mol. The fraction of sp³-hybridized carbons (Fsp3) is 0.240. The Hall–Kier alpha value is -3.36. The molecule has 0 radical (unpaired) electrons. The Kier molecular flexibility index (Phi) is 8.08. The van der Waals surface area contributed by atoms with Gasteiger partial charge in [-0.2, -0.15) is 4.72 Å². The van der Waals surface area contributed by atoms with E-state index in [9.17, 15) is 13.2 Å². The Morgan fingerprint density at radius 2 is 1.58 bits per heavy atom. The summed E-state index contributed by atoms with van der Waals surface area (Å²) in [7, 11) is -1.14. The molecule has 174 valence electrons. The quantitative estimate of drug-likeness (QED) is 0.472. The number of nitrogens with one attached hydrogen (secondary N) is 2. The van der Waals surface area contributed by atoms with Crippen molar-refractivity contribution in [2.24, 2.45) is 0 Å². The predicted molar refractivity (Wildman–Crippen MR) is 128 cm³/mol. The molecule has 7 nitrogen and oxygen atoms in total. The predicted octanol–water partition coefficient (Wildman–Crippen LogP) is 3.79. The van der Waals surface area contributed by atoms with Crippen LogP contribution in [-0.4, -0.2) is 34.6 Å². The SMILES string of the molecule is CCc1ccccc1NC(=O)[C@H](Cc1ccccc1)NS(=O)(=O)c1ccc(OC)c(OC)c1. The molecule has 1 amide bonds. The molecule has 0 fully saturated rings. The third-order valence-corrected chi connectivity index (χ3v) is 6.69. The summed E-state index contributed by atoms with van der Waals surface area (Å²) < 4.78 is 39.4. The number of hydrogen-bond acceptors (Lipinski definition) is 5. The maximum absolute atomic E-state index is 13.2. The molecule has 0 unspecified atom stereocenters. The highest BCUT2D eigenvalue weighted by molar-refractivity contribution is 7.89. The number of rotatable bonds is 10. The average Bonchev–Trinajstić information content (AvgIpc) is 2.84. The lowest BCUT2D eigenvalue weighted by molar-refractivity contribution is -0.117. The van der Waals surface area contributed by atoms with Gasteiger partial charge >= 0.3 is 0 Å². The molecular weight excluding hydrogens is 440 g/mol. The van der Waals surface area contributed by atoms with Crippen LogP contribution < -0.4 is 19.5 Å². The van der Waals surface area contributed by atoms with E-state index in [4.69, 9.17) is 9.47 Å². The van der Waals surface area contributed by atoms with E-state index in [-0.39, 0.29) is 17.1 Å². The third-order valence-electron chi connectivity index (χ3n) is 5.22. The van der Waals surface area contributed by atoms with Crippen LogP contribution in [0, 0.1) is 0 Å². The fourth-order valence-electron chi connectivity index (χ4n) is 3.45. The van der Waals surface area contributed by atoms with Gasteiger partial charge in [0.15, 0.2) is 11.5 Å². The number of anilines is 1. The van der Waals surface area contributed by atoms with Gasteiger partial charge in [0.1, 0.15) is 6.04 Å². The van der Waals surface area contributed by atoms with Gasteiger partial charge in [0.2, 0.25) is 15.9 Å². The standard InChI is InChI=1S/C25H28N2O5S/c1-4-19-12-8-9-13-21(19)26-25(28)22(16-18-10-6-5-7-11-18)27-33(29,30)20-14-15-23(31-2)24(17-20)32-3/h5-15,17,22,27H,4,16H2,1-3H3,(H,26,28)/t22-/m0/s1. The highest BCUT2D eigenvalue weighted by Gasteiger charge is 2.27. The molecule has 0 bridgehead atoms. The number of ether oxygens (including phenoxy) is 2. The number of benzene rings is 3. The van der Waals surface area contributed by atoms with E-state index in [1.54, 1.807) is 6.07 Å². The normalized spacial score (nSPS) is 12.1. The topological polar surface area (TPSA) is 93.7 Å². The Labute approximate surface area is 194 Å². The van der Waals surface area contributed by atoms with Crippen LogP contribution in [0.1, 0.15) is 18.1 Å². The highest BCUT2D eigenvalue weighted by atomic mass is 32.2. The number of carbonyl (C=O) groups excluding carboxylic acids is 1. The zero-order valence-electron chi connectivity index (χ0n) is 18.9. The van der Waals surface area contributed by atoms with Gasteiger partial charge in [0, 0.05) is 11.8 Å². The van der Waals surface area contributed by atoms with E-state index in [0.29, 0.717) is 11.4 Å². The van der Waals surface area contributed by atoms with Crippen LogP contribution in [0.15, 0.2) is 77.7 Å². The Morgan fingerprint density at radius 1 is 0.909 bits per heavy atom. The largest absolute Gasteiger partial charge is 0.493 e. The van der Waals surface area contributed by atoms with Gasteiger partial charge in [-0.15, -0.1) is 0 Å². The van der Waals surface area contributed by atoms with E-state index in [0.717, 1.165) is 17.5 Å². The zero-order valence-corrected chi connectivity index (χ0v) is 19.7. The van der Waals surface area contributed by atoms with E-state index < -0.39 is 22.0 Å². The van der Waals surface area contributed by atoms with E-state index >= 15 is 0 Å². The molecule has 8 heteroatoms. The average molecular weight is 469 g/mol. The van der Waals surface area contributed by atoms with Gasteiger partial charge < -0.3 is 14.8 Å². The van der Waals surface area contributed by atoms with Gasteiger partial charge in [-0.25, -0.2) is 8.42 Å². The molecule has 0 heterocycles. The minimum atomic E-state index is -4.04. The fourth-order valence-corrected chi connectivity index (χ4v) is 4.66. The van der Waals surface area contributed by atoms with Crippen molar-refractivity contribution in [3.8, 4) is 11.5 Å². The van der Waals surface area contributed by atoms with E-state index in [1.807, 2.05) is 55.5 Å². The maximum Gasteiger partial charge on any atom is 0.242 e. The molecule has 0 spiro atoms. The number of para-hydroxylation sites is 1. The smallest absolute Gasteiger partial charge is 0.242 e. The molecule has 0 saturated heterocycles. The lowest BCUT2D eigenvalue weighted by Gasteiger charge is -2.20. The number of methoxy groups -OCH3 is 2. The summed E-state index contributed by atoms with van der Waals surface area (Å²) in [5, 5.41) is 2.89. The van der Waals surface area contributed by atoms with Crippen molar-refractivity contribution in [3.63, 3.8) is 0 Å². The van der Waals surface area contributed by atoms with Crippen molar-refractivity contribution in [2.45, 2.75) is 30.7 Å². The van der Waals surface area contributed by atoms with Crippen molar-refractivity contribution in [1.82, 2.24) is 4.72 Å². The molecule has 3 rings (SSSR count). The number of sulfonamides is 1. The first-order valence-corrected chi connectivity index (χ1v) is 12.0. The second kappa shape index (κ2) is 11.0. The highest BCUT2D eigenvalue weighted by Crippen LogP contribution is 2.29. The minimum Gasteiger partial charge on any atom is -0.493 e. The Balaban J connectivity index is 1.91. The summed E-state index contributed by atoms with van der Waals surface area (Å²) in [6, 6.07) is 20.0. The second-order valence-electron chi connectivity index (χ2n) is 7.38. The summed E-state index contributed by atoms with van der Waals surface area (Å²) in [5.74, 6) is 0.247. The zero-order chi connectivity index (χ0) is 23.8. The molecule has 33 heavy (non-hydrogen) atoms. The molecule has 3 aromatic carbocycles. The molecule has 0 saturated carbocycles. The molecule has 2 N–H and O–H groups in total. The number of aryl methyl sites for hydroxylation is 1. The number of carbonyl (C=O) groups is 1. The number of amides is 1. The van der Waals surface area contributed by atoms with Crippen molar-refractivity contribution < 1.29 is 22.7 Å². The molecule has 3 aromatic rings. The third kappa shape index (κ3) is 6.12. The van der Waals surface area contributed by atoms with Crippen molar-refractivity contribution in [2.75, 3.05) is 19.5 Å². The number of hydrogen-bond donors (Lipinski definition) is 2. The summed E-state index contributed by atoms with van der Waals surface area (Å²) >= 11 is 0. The van der Waals surface area contributed by atoms with Gasteiger partial charge in [-0.05, 0) is 42.2 Å². The first-order valence-electron chi connectivity index (χ1n) is 10.5. The summed E-state index contributed by atoms with van der Waals surface area (Å²) in [6.07, 6.45) is 0.921. The van der Waals surface area contributed by atoms with Crippen molar-refractivity contribution in [3.05, 3.63) is 83.9 Å². The lowest BCUT2D eigenvalue weighted by atomic mass is 10.1. The van der Waals surface area contributed by atoms with Crippen molar-refractivity contribution in [1.29, 1.82) is 0 Å². The summed E-state index contributed by atoms with van der Waals surface area (Å²) in [5.41, 5.74) is 2.46. The van der Waals surface area contributed by atoms with Crippen LogP contribution in [0.25, 0.3) is 0 Å². The molecule has 0 aliphatic carbocycles. The first-order chi connectivity index (χ1) is 15.9. The second-order valence-corrected chi connectivity index (χ2v) is 9.09. The Bertz CT molecular complexity index is 1200. The first kappa shape index (κ1) is 24.3. The van der Waals surface area contributed by atoms with Gasteiger partial charge in [0.25, 0.3) is 0 Å². The van der Waals surface area contributed by atoms with Crippen LogP contribution in [0.4, 0.5) is 5.69 Å². The van der Waals surface area contributed by atoms with Crippen LogP contribution in [0.3, 0.4) is 0 Å². The molecule has 0 aromatic heterocycles. The van der Waals surface area contributed by atoms with Crippen LogP contribution in [-0.2, 0) is 27.7 Å². The van der Waals surface area contributed by atoms with Crippen LogP contribution >= 0.6 is 0 Å². The van der Waals surface area contributed by atoms with Crippen LogP contribution in [0.5, 0.6) is 11.5 Å². The summed E-state index contributed by atoms with van der Waals surface area (Å²) in [6.45, 7) is 1.99. The van der Waals surface area contributed by atoms with E-state index in [2.05, 4.69) is 10.0 Å². The van der Waals surface area contributed by atoms with Crippen molar-refractivity contribution >= 4 is 21.6 Å². The van der Waals surface area contributed by atoms with Crippen LogP contribution in [0.2, 0.25) is 0 Å². The molecule has 1 atom stereocenters. The maximum atomic E-state index is 13.2. The Morgan fingerprint density at radius 3 is 2.24 bits per heavy atom.